The van der Waals surface area contributed by atoms with Gasteiger partial charge in [0.2, 0.25) is 0 Å². The third-order valence-electron chi connectivity index (χ3n) is 4.84. The molecule has 2 heteroatoms. The Kier molecular flexibility index (Phi) is 2.67. The van der Waals surface area contributed by atoms with Crippen LogP contribution in [-0.2, 0) is 10.3 Å². The molecule has 0 bridgehead atoms. The maximum absolute atomic E-state index is 6.47. The van der Waals surface area contributed by atoms with Crippen LogP contribution < -0.4 is 0 Å². The lowest BCUT2D eigenvalue weighted by atomic mass is 9.56. The van der Waals surface area contributed by atoms with E-state index in [1.54, 1.807) is 11.3 Å². The Morgan fingerprint density at radius 3 is 2.05 bits per heavy atom. The molecular formula is C17H20OS. The van der Waals surface area contributed by atoms with E-state index in [-0.39, 0.29) is 16.6 Å². The molecule has 1 nitrogen and oxygen atoms in total. The smallest absolute Gasteiger partial charge is 0.136 e. The number of benzene rings is 1. The summed E-state index contributed by atoms with van der Waals surface area (Å²) in [7, 11) is 0. The molecule has 1 aliphatic heterocycles. The molecule has 19 heavy (non-hydrogen) atoms. The minimum Gasteiger partial charge on any atom is -0.357 e. The summed E-state index contributed by atoms with van der Waals surface area (Å²) in [6.07, 6.45) is 0. The highest BCUT2D eigenvalue weighted by atomic mass is 32.1. The maximum atomic E-state index is 6.47. The Labute approximate surface area is 119 Å². The average Bonchev–Trinajstić information content (AvgIpc) is 2.90. The summed E-state index contributed by atoms with van der Waals surface area (Å²) >= 11 is 1.78. The Bertz CT molecular complexity index is 569. The number of ether oxygens (including phenoxy) is 1. The quantitative estimate of drug-likeness (QED) is 0.761. The van der Waals surface area contributed by atoms with Crippen LogP contribution in [0.15, 0.2) is 47.8 Å². The van der Waals surface area contributed by atoms with Gasteiger partial charge in [0.15, 0.2) is 0 Å². The lowest BCUT2D eigenvalue weighted by Crippen LogP contribution is -2.69. The maximum Gasteiger partial charge on any atom is 0.136 e. The molecule has 3 rings (SSSR count). The molecule has 0 radical (unpaired) electrons. The number of hydrogen-bond donors (Lipinski definition) is 0. The van der Waals surface area contributed by atoms with Crippen LogP contribution in [0.3, 0.4) is 0 Å². The summed E-state index contributed by atoms with van der Waals surface area (Å²) in [5, 5.41) is 2.13. The first kappa shape index (κ1) is 12.9. The van der Waals surface area contributed by atoms with Crippen LogP contribution in [0.4, 0.5) is 0 Å². The van der Waals surface area contributed by atoms with Crippen LogP contribution in [0.25, 0.3) is 0 Å². The van der Waals surface area contributed by atoms with Crippen LogP contribution in [0.2, 0.25) is 0 Å². The van der Waals surface area contributed by atoms with Crippen LogP contribution in [0.5, 0.6) is 0 Å². The minimum atomic E-state index is -0.314. The molecule has 1 saturated heterocycles. The normalized spacial score (nSPS) is 27.8. The Balaban J connectivity index is 2.21. The van der Waals surface area contributed by atoms with Crippen molar-refractivity contribution in [1.29, 1.82) is 0 Å². The second kappa shape index (κ2) is 3.94. The first-order valence-electron chi connectivity index (χ1n) is 6.71. The van der Waals surface area contributed by atoms with E-state index in [1.165, 1.54) is 10.4 Å². The molecule has 1 fully saturated rings. The molecule has 2 heterocycles. The van der Waals surface area contributed by atoms with Gasteiger partial charge in [0.05, 0.1) is 5.60 Å². The number of hydrogen-bond acceptors (Lipinski definition) is 2. The van der Waals surface area contributed by atoms with E-state index in [9.17, 15) is 0 Å². The molecule has 1 unspecified atom stereocenters. The fourth-order valence-corrected chi connectivity index (χ4v) is 4.13. The molecule has 1 atom stereocenters. The van der Waals surface area contributed by atoms with Crippen molar-refractivity contribution in [2.75, 3.05) is 0 Å². The van der Waals surface area contributed by atoms with Gasteiger partial charge < -0.3 is 4.74 Å². The van der Waals surface area contributed by atoms with Crippen molar-refractivity contribution in [2.45, 2.75) is 38.9 Å². The van der Waals surface area contributed by atoms with Crippen LogP contribution in [0, 0.1) is 5.41 Å². The third-order valence-corrected chi connectivity index (χ3v) is 5.81. The molecule has 0 spiro atoms. The summed E-state index contributed by atoms with van der Waals surface area (Å²) in [5.74, 6) is 0. The summed E-state index contributed by atoms with van der Waals surface area (Å²) < 4.78 is 6.47. The zero-order valence-corrected chi connectivity index (χ0v) is 12.8. The summed E-state index contributed by atoms with van der Waals surface area (Å²) in [6.45, 7) is 8.98. The molecule has 2 aromatic rings. The second-order valence-corrected chi connectivity index (χ2v) is 7.21. The van der Waals surface area contributed by atoms with Gasteiger partial charge in [0.1, 0.15) is 5.60 Å². The van der Waals surface area contributed by atoms with E-state index in [4.69, 9.17) is 4.74 Å². The fourth-order valence-electron chi connectivity index (χ4n) is 3.09. The van der Waals surface area contributed by atoms with E-state index in [1.807, 2.05) is 0 Å². The number of thiophene rings is 1. The van der Waals surface area contributed by atoms with Crippen molar-refractivity contribution in [3.05, 3.63) is 58.3 Å². The van der Waals surface area contributed by atoms with Gasteiger partial charge in [0.25, 0.3) is 0 Å². The Hall–Kier alpha value is -1.12. The highest BCUT2D eigenvalue weighted by Crippen LogP contribution is 2.65. The van der Waals surface area contributed by atoms with E-state index in [0.29, 0.717) is 0 Å². The Morgan fingerprint density at radius 2 is 1.58 bits per heavy atom. The summed E-state index contributed by atoms with van der Waals surface area (Å²) in [5.41, 5.74) is 0.868. The monoisotopic (exact) mass is 272 g/mol. The average molecular weight is 272 g/mol. The molecule has 0 aliphatic carbocycles. The van der Waals surface area contributed by atoms with E-state index in [2.05, 4.69) is 75.5 Å². The molecule has 1 aromatic heterocycles. The topological polar surface area (TPSA) is 9.23 Å². The highest BCUT2D eigenvalue weighted by molar-refractivity contribution is 7.10. The SMILES string of the molecule is CC1(C)OC(c2ccccc2)(c2cccs2)C1(C)C. The standard InChI is InChI=1S/C17H20OS/c1-15(2)16(3,4)18-17(15,14-11-8-12-19-14)13-9-6-5-7-10-13/h5-12H,1-4H3. The predicted octanol–water partition coefficient (Wildman–Crippen LogP) is 4.83. The van der Waals surface area contributed by atoms with Gasteiger partial charge in [-0.1, -0.05) is 50.2 Å². The molecule has 0 amide bonds. The van der Waals surface area contributed by atoms with Gasteiger partial charge in [0, 0.05) is 10.3 Å². The van der Waals surface area contributed by atoms with E-state index < -0.39 is 0 Å². The van der Waals surface area contributed by atoms with Gasteiger partial charge in [-0.15, -0.1) is 11.3 Å². The minimum absolute atomic E-state index is 0.0478. The summed E-state index contributed by atoms with van der Waals surface area (Å²) in [4.78, 5) is 1.29. The first-order valence-corrected chi connectivity index (χ1v) is 7.59. The van der Waals surface area contributed by atoms with Gasteiger partial charge in [-0.25, -0.2) is 0 Å². The lowest BCUT2D eigenvalue weighted by molar-refractivity contribution is -0.343. The van der Waals surface area contributed by atoms with Gasteiger partial charge >= 0.3 is 0 Å². The van der Waals surface area contributed by atoms with Crippen LogP contribution in [0.1, 0.15) is 38.1 Å². The molecule has 100 valence electrons. The van der Waals surface area contributed by atoms with Crippen molar-refractivity contribution >= 4 is 11.3 Å². The fraction of sp³-hybridized carbons (Fsp3) is 0.412. The van der Waals surface area contributed by atoms with Crippen LogP contribution >= 0.6 is 11.3 Å². The van der Waals surface area contributed by atoms with Crippen LogP contribution in [-0.4, -0.2) is 5.60 Å². The van der Waals surface area contributed by atoms with Gasteiger partial charge in [-0.2, -0.15) is 0 Å². The molecule has 1 aromatic carbocycles. The first-order chi connectivity index (χ1) is 8.92. The number of rotatable bonds is 2. The third kappa shape index (κ3) is 1.50. The zero-order valence-electron chi connectivity index (χ0n) is 11.9. The largest absolute Gasteiger partial charge is 0.357 e. The van der Waals surface area contributed by atoms with E-state index >= 15 is 0 Å². The second-order valence-electron chi connectivity index (χ2n) is 6.26. The zero-order chi connectivity index (χ0) is 13.7. The van der Waals surface area contributed by atoms with E-state index in [0.717, 1.165) is 0 Å². The van der Waals surface area contributed by atoms with Gasteiger partial charge in [-0.3, -0.25) is 0 Å². The van der Waals surface area contributed by atoms with Crippen molar-refractivity contribution in [2.24, 2.45) is 5.41 Å². The van der Waals surface area contributed by atoms with Gasteiger partial charge in [-0.05, 0) is 30.9 Å². The Morgan fingerprint density at radius 1 is 0.895 bits per heavy atom. The predicted molar refractivity (Wildman–Crippen MR) is 80.5 cm³/mol. The van der Waals surface area contributed by atoms with Crippen molar-refractivity contribution in [3.8, 4) is 0 Å². The highest BCUT2D eigenvalue weighted by Gasteiger charge is 2.68. The van der Waals surface area contributed by atoms with Crippen molar-refractivity contribution in [3.63, 3.8) is 0 Å². The molecule has 0 saturated carbocycles. The lowest BCUT2D eigenvalue weighted by Gasteiger charge is -2.66. The van der Waals surface area contributed by atoms with Crippen molar-refractivity contribution < 1.29 is 4.74 Å². The molecular weight excluding hydrogens is 252 g/mol. The van der Waals surface area contributed by atoms with Crippen molar-refractivity contribution in [1.82, 2.24) is 0 Å². The molecule has 0 N–H and O–H groups in total. The molecule has 1 aliphatic rings. The summed E-state index contributed by atoms with van der Waals surface area (Å²) in [6, 6.07) is 14.9.